The summed E-state index contributed by atoms with van der Waals surface area (Å²) in [5, 5.41) is 37.5. The SMILES string of the molecule is Cc1ncsc1-c1ccc([C@H](C)NC(=O)[C@@H]2C[C@@H](O)CN2C(=O)[C@@H](c2cc(N3CCC(CN4CC5(CC(N6CCO[C@H](CN7C8CCC7CN(c7cc(-c9ccccc9O)nnc7N)C8)C6)C5)C4)CC3)no2)C(C)C)cc1. The number of piperidine rings is 1. The van der Waals surface area contributed by atoms with Crippen LogP contribution in [0.25, 0.3) is 21.7 Å². The number of phenolic OH excluding ortho intramolecular Hbond substituents is 1. The smallest absolute Gasteiger partial charge is 0.243 e. The molecule has 2 unspecified atom stereocenters. The molecule has 19 heteroatoms. The quantitative estimate of drug-likeness (QED) is 0.0926. The summed E-state index contributed by atoms with van der Waals surface area (Å²) < 4.78 is 12.4. The zero-order valence-electron chi connectivity index (χ0n) is 45.0. The number of fused-ring (bicyclic) bond motifs is 2. The van der Waals surface area contributed by atoms with Gasteiger partial charge in [-0.1, -0.05) is 55.4 Å². The fraction of sp³-hybridized carbons (Fsp3) is 0.586. The van der Waals surface area contributed by atoms with Crippen molar-refractivity contribution in [2.75, 3.05) is 94.1 Å². The highest BCUT2D eigenvalue weighted by Gasteiger charge is 2.54. The van der Waals surface area contributed by atoms with E-state index in [1.807, 2.05) is 87.8 Å². The van der Waals surface area contributed by atoms with Crippen LogP contribution in [0.1, 0.15) is 94.7 Å². The van der Waals surface area contributed by atoms with Gasteiger partial charge >= 0.3 is 0 Å². The lowest BCUT2D eigenvalue weighted by Gasteiger charge is -2.62. The number of hydrogen-bond donors (Lipinski definition) is 4. The first-order valence-corrected chi connectivity index (χ1v) is 29.1. The second-order valence-electron chi connectivity index (χ2n) is 24.0. The van der Waals surface area contributed by atoms with Gasteiger partial charge in [0, 0.05) is 108 Å². The zero-order chi connectivity index (χ0) is 53.1. The molecule has 3 aromatic heterocycles. The number of morpholine rings is 1. The number of carbonyl (C=O) groups is 2. The van der Waals surface area contributed by atoms with Crippen LogP contribution in [-0.2, 0) is 14.3 Å². The Balaban J connectivity index is 0.579. The Hall–Kier alpha value is -5.70. The van der Waals surface area contributed by atoms with Crippen molar-refractivity contribution in [1.82, 2.24) is 45.3 Å². The highest BCUT2D eigenvalue weighted by Crippen LogP contribution is 2.51. The number of thiazole rings is 1. The highest BCUT2D eigenvalue weighted by molar-refractivity contribution is 7.13. The predicted octanol–water partition coefficient (Wildman–Crippen LogP) is 6.16. The number of anilines is 3. The number of aryl methyl sites for hydroxylation is 1. The number of para-hydroxylation sites is 1. The van der Waals surface area contributed by atoms with Gasteiger partial charge in [0.25, 0.3) is 0 Å². The average molecular weight is 1070 g/mol. The maximum absolute atomic E-state index is 14.4. The fourth-order valence-electron chi connectivity index (χ4n) is 14.3. The van der Waals surface area contributed by atoms with Gasteiger partial charge in [0.2, 0.25) is 11.8 Å². The van der Waals surface area contributed by atoms with E-state index >= 15 is 0 Å². The third-order valence-electron chi connectivity index (χ3n) is 18.4. The molecular formula is C58H76N12O6S. The van der Waals surface area contributed by atoms with Gasteiger partial charge < -0.3 is 50.1 Å². The van der Waals surface area contributed by atoms with E-state index in [0.717, 1.165) is 105 Å². The molecule has 2 aromatic carbocycles. The van der Waals surface area contributed by atoms with Gasteiger partial charge in [-0.25, -0.2) is 4.98 Å². The van der Waals surface area contributed by atoms with Gasteiger partial charge in [0.1, 0.15) is 17.7 Å². The number of nitrogen functional groups attached to an aromatic ring is 1. The molecule has 9 heterocycles. The second-order valence-corrected chi connectivity index (χ2v) is 24.8. The molecule has 5 aromatic rings. The monoisotopic (exact) mass is 1070 g/mol. The topological polar surface area (TPSA) is 206 Å². The molecule has 7 fully saturated rings. The Bertz CT molecular complexity index is 2880. The number of phenols is 1. The normalized spacial score (nSPS) is 26.1. The van der Waals surface area contributed by atoms with Crippen LogP contribution in [0.15, 0.2) is 70.7 Å². The molecule has 77 heavy (non-hydrogen) atoms. The lowest BCUT2D eigenvalue weighted by molar-refractivity contribution is -0.141. The summed E-state index contributed by atoms with van der Waals surface area (Å²) in [5.74, 6) is 1.24. The number of piperazine rings is 1. The third-order valence-corrected chi connectivity index (χ3v) is 19.3. The summed E-state index contributed by atoms with van der Waals surface area (Å²) in [5.41, 5.74) is 13.9. The molecule has 18 nitrogen and oxygen atoms in total. The maximum atomic E-state index is 14.4. The number of carbonyl (C=O) groups excluding carboxylic acids is 2. The largest absolute Gasteiger partial charge is 0.507 e. The van der Waals surface area contributed by atoms with Crippen molar-refractivity contribution in [2.24, 2.45) is 17.3 Å². The van der Waals surface area contributed by atoms with Crippen LogP contribution in [0.5, 0.6) is 5.75 Å². The standard InChI is InChI=1S/C58H76N12O6S/c1-35(2)53(57(74)70-29-44(71)21-49(70)56(73)61-36(3)39-9-11-40(12-10-39)54-37(4)60-34-77-54)51-23-52(64-76-51)66-17-15-38(16-18-66)26-65-32-58(33-65)24-43(25-58)67-19-20-75-45(30-67)31-69-41-13-14-42(69)28-68(27-41)48-22-47(62-63-55(48)59)46-7-5-6-8-50(46)72/h5-12,22-23,34-36,38,41-45,49,53,71-72H,13-21,24-33H2,1-4H3,(H2,59,63)(H,61,73)/t36-,41?,42?,44+,45-,49-,53+/m0/s1. The number of nitrogens with two attached hydrogens (primary N) is 1. The van der Waals surface area contributed by atoms with Crippen molar-refractivity contribution in [1.29, 1.82) is 0 Å². The molecule has 1 saturated carbocycles. The van der Waals surface area contributed by atoms with Gasteiger partial charge in [-0.15, -0.1) is 21.5 Å². The van der Waals surface area contributed by atoms with Gasteiger partial charge in [0.05, 0.1) is 52.3 Å². The number of β-amino-alcohol motifs (C(OH)–C–C–N with tert-alkyl or cyclic N) is 1. The molecule has 2 amide bonds. The van der Waals surface area contributed by atoms with E-state index < -0.39 is 18.1 Å². The van der Waals surface area contributed by atoms with Crippen molar-refractivity contribution in [2.45, 2.75) is 121 Å². The zero-order valence-corrected chi connectivity index (χ0v) is 45.9. The number of aliphatic hydroxyl groups is 1. The number of nitrogens with one attached hydrogen (secondary N) is 1. The average Bonchev–Trinajstić information content (AvgIpc) is 4.22. The minimum absolute atomic E-state index is 0.0934. The molecule has 6 aliphatic heterocycles. The number of aromatic hydroxyl groups is 1. The molecule has 12 rings (SSSR count). The molecule has 7 atom stereocenters. The van der Waals surface area contributed by atoms with Crippen molar-refractivity contribution >= 4 is 40.5 Å². The first kappa shape index (κ1) is 52.0. The number of ether oxygens (including phenoxy) is 1. The van der Waals surface area contributed by atoms with Gasteiger partial charge in [-0.2, -0.15) is 0 Å². The molecule has 1 spiro atoms. The molecule has 0 radical (unpaired) electrons. The van der Waals surface area contributed by atoms with Crippen molar-refractivity contribution in [3.8, 4) is 27.4 Å². The molecule has 7 aliphatic rings. The minimum Gasteiger partial charge on any atom is -0.507 e. The number of likely N-dealkylation sites (tertiary alicyclic amines) is 2. The molecule has 5 N–H and O–H groups in total. The van der Waals surface area contributed by atoms with E-state index in [-0.39, 0.29) is 48.6 Å². The lowest BCUT2D eigenvalue weighted by Crippen LogP contribution is -2.68. The predicted molar refractivity (Wildman–Crippen MR) is 296 cm³/mol. The van der Waals surface area contributed by atoms with Crippen LogP contribution in [0, 0.1) is 24.2 Å². The van der Waals surface area contributed by atoms with Crippen molar-refractivity contribution in [3.05, 3.63) is 83.2 Å². The highest BCUT2D eigenvalue weighted by atomic mass is 32.1. The number of aliphatic hydroxyl groups excluding tert-OH is 1. The summed E-state index contributed by atoms with van der Waals surface area (Å²) in [6.07, 6.45) is 6.66. The summed E-state index contributed by atoms with van der Waals surface area (Å²) in [6, 6.07) is 19.7. The van der Waals surface area contributed by atoms with Gasteiger partial charge in [-0.05, 0) is 98.9 Å². The summed E-state index contributed by atoms with van der Waals surface area (Å²) >= 11 is 1.60. The first-order chi connectivity index (χ1) is 37.2. The number of benzene rings is 2. The fourth-order valence-corrected chi connectivity index (χ4v) is 15.1. The number of hydrogen-bond acceptors (Lipinski definition) is 17. The molecule has 6 saturated heterocycles. The number of rotatable bonds is 15. The number of aromatic nitrogens is 4. The van der Waals surface area contributed by atoms with Crippen LogP contribution in [-0.4, -0.2) is 177 Å². The second kappa shape index (κ2) is 21.5. The summed E-state index contributed by atoms with van der Waals surface area (Å²) in [7, 11) is 0. The Morgan fingerprint density at radius 1 is 0.896 bits per heavy atom. The first-order valence-electron chi connectivity index (χ1n) is 28.3. The van der Waals surface area contributed by atoms with Crippen LogP contribution in [0.4, 0.5) is 17.3 Å². The van der Waals surface area contributed by atoms with Crippen molar-refractivity contribution < 1.29 is 29.1 Å². The maximum Gasteiger partial charge on any atom is 0.243 e. The molecule has 410 valence electrons. The molecule has 2 bridgehead atoms. The van der Waals surface area contributed by atoms with Crippen LogP contribution in [0.2, 0.25) is 0 Å². The van der Waals surface area contributed by atoms with E-state index in [0.29, 0.717) is 52.3 Å². The Morgan fingerprint density at radius 3 is 2.36 bits per heavy atom. The van der Waals surface area contributed by atoms with Crippen molar-refractivity contribution in [3.63, 3.8) is 0 Å². The lowest BCUT2D eigenvalue weighted by atomic mass is 9.60. The van der Waals surface area contributed by atoms with Crippen LogP contribution < -0.4 is 20.9 Å². The third kappa shape index (κ3) is 10.6. The number of nitrogens with zero attached hydrogens (tertiary/aromatic N) is 10. The Morgan fingerprint density at radius 2 is 1.65 bits per heavy atom. The Labute approximate surface area is 455 Å². The van der Waals surface area contributed by atoms with Crippen LogP contribution in [0.3, 0.4) is 0 Å². The van der Waals surface area contributed by atoms with Gasteiger partial charge in [-0.3, -0.25) is 19.4 Å². The minimum atomic E-state index is -0.795. The van der Waals surface area contributed by atoms with Crippen LogP contribution >= 0.6 is 11.3 Å². The van der Waals surface area contributed by atoms with Gasteiger partial charge in [0.15, 0.2) is 17.4 Å². The van der Waals surface area contributed by atoms with E-state index in [4.69, 9.17) is 15.0 Å². The molecular weight excluding hydrogens is 993 g/mol. The Kier molecular flexibility index (Phi) is 14.5. The van der Waals surface area contributed by atoms with E-state index in [1.54, 1.807) is 22.3 Å². The van der Waals surface area contributed by atoms with E-state index in [1.165, 1.54) is 38.8 Å². The summed E-state index contributed by atoms with van der Waals surface area (Å²) in [4.78, 5) is 48.1. The van der Waals surface area contributed by atoms with E-state index in [2.05, 4.69) is 50.2 Å². The number of amides is 2. The summed E-state index contributed by atoms with van der Waals surface area (Å²) in [6.45, 7) is 18.9. The molecule has 1 aliphatic carbocycles. The van der Waals surface area contributed by atoms with E-state index in [9.17, 15) is 19.8 Å².